The maximum absolute atomic E-state index is 12.9. The van der Waals surface area contributed by atoms with E-state index in [0.717, 1.165) is 12.0 Å². The molecule has 1 heterocycles. The molecule has 0 spiro atoms. The molecule has 0 saturated heterocycles. The molecule has 0 radical (unpaired) electrons. The zero-order valence-corrected chi connectivity index (χ0v) is 17.4. The van der Waals surface area contributed by atoms with Gasteiger partial charge in [-0.3, -0.25) is 14.6 Å². The number of aromatic nitrogens is 1. The molecule has 7 nitrogen and oxygen atoms in total. The number of carbonyl (C=O) groups is 1. The molecular formula is C22H31N5O2. The largest absolute Gasteiger partial charge is 0.370 e. The summed E-state index contributed by atoms with van der Waals surface area (Å²) in [7, 11) is 0. The summed E-state index contributed by atoms with van der Waals surface area (Å²) in [4.78, 5) is 29.4. The standard InChI is InChI=1S/C22H31N5O2/c1-15(2)18-10-5-4-9-17(18)14-27-13-7-11-19(21(27)29)20(28)26-16(3)8-6-12-25-22(23)24/h4-5,7,9-11,13,15-16H,6,8,12,14H2,1-3H3,(H,26,28)(H4,23,24,25). The first-order chi connectivity index (χ1) is 13.8. The Morgan fingerprint density at radius 3 is 2.55 bits per heavy atom. The van der Waals surface area contributed by atoms with Crippen LogP contribution in [0.15, 0.2) is 52.4 Å². The van der Waals surface area contributed by atoms with E-state index in [2.05, 4.69) is 30.2 Å². The van der Waals surface area contributed by atoms with E-state index in [1.54, 1.807) is 22.9 Å². The zero-order chi connectivity index (χ0) is 21.4. The van der Waals surface area contributed by atoms with E-state index in [4.69, 9.17) is 11.5 Å². The summed E-state index contributed by atoms with van der Waals surface area (Å²) in [5.74, 6) is 0.0505. The molecule has 156 valence electrons. The van der Waals surface area contributed by atoms with Crippen molar-refractivity contribution in [1.82, 2.24) is 9.88 Å². The fourth-order valence-corrected chi connectivity index (χ4v) is 3.24. The zero-order valence-electron chi connectivity index (χ0n) is 17.4. The van der Waals surface area contributed by atoms with Gasteiger partial charge in [-0.1, -0.05) is 38.1 Å². The number of amides is 1. The molecule has 0 aliphatic heterocycles. The maximum Gasteiger partial charge on any atom is 0.263 e. The summed E-state index contributed by atoms with van der Waals surface area (Å²) < 4.78 is 1.58. The van der Waals surface area contributed by atoms with Gasteiger partial charge in [0.05, 0.1) is 6.54 Å². The Morgan fingerprint density at radius 2 is 1.86 bits per heavy atom. The first-order valence-corrected chi connectivity index (χ1v) is 9.93. The van der Waals surface area contributed by atoms with Gasteiger partial charge in [0.15, 0.2) is 5.96 Å². The summed E-state index contributed by atoms with van der Waals surface area (Å²) in [6.07, 6.45) is 3.17. The van der Waals surface area contributed by atoms with Crippen LogP contribution in [0.25, 0.3) is 0 Å². The Balaban J connectivity index is 2.09. The van der Waals surface area contributed by atoms with Gasteiger partial charge in [-0.15, -0.1) is 0 Å². The normalized spacial score (nSPS) is 11.9. The highest BCUT2D eigenvalue weighted by Gasteiger charge is 2.15. The number of hydrogen-bond donors (Lipinski definition) is 3. The van der Waals surface area contributed by atoms with E-state index in [1.165, 1.54) is 5.56 Å². The molecule has 0 bridgehead atoms. The van der Waals surface area contributed by atoms with Crippen LogP contribution in [0.1, 0.15) is 61.0 Å². The average Bonchev–Trinajstić information content (AvgIpc) is 2.67. The van der Waals surface area contributed by atoms with Crippen molar-refractivity contribution in [3.8, 4) is 0 Å². The first kappa shape index (κ1) is 22.2. The van der Waals surface area contributed by atoms with Crippen LogP contribution in [0, 0.1) is 0 Å². The molecule has 0 saturated carbocycles. The second-order valence-electron chi connectivity index (χ2n) is 7.53. The van der Waals surface area contributed by atoms with E-state index in [9.17, 15) is 9.59 Å². The minimum Gasteiger partial charge on any atom is -0.370 e. The monoisotopic (exact) mass is 397 g/mol. The van der Waals surface area contributed by atoms with Gasteiger partial charge in [0, 0.05) is 18.8 Å². The van der Waals surface area contributed by atoms with Gasteiger partial charge >= 0.3 is 0 Å². The van der Waals surface area contributed by atoms with Crippen molar-refractivity contribution in [3.63, 3.8) is 0 Å². The number of nitrogens with two attached hydrogens (primary N) is 2. The quantitative estimate of drug-likeness (QED) is 0.342. The Hall–Kier alpha value is -3.09. The van der Waals surface area contributed by atoms with Crippen LogP contribution < -0.4 is 22.3 Å². The van der Waals surface area contributed by atoms with Gasteiger partial charge in [0.2, 0.25) is 0 Å². The highest BCUT2D eigenvalue weighted by atomic mass is 16.2. The average molecular weight is 398 g/mol. The van der Waals surface area contributed by atoms with Gasteiger partial charge in [-0.05, 0) is 48.9 Å². The number of rotatable bonds is 9. The topological polar surface area (TPSA) is 116 Å². The van der Waals surface area contributed by atoms with Crippen molar-refractivity contribution >= 4 is 11.9 Å². The number of benzene rings is 1. The lowest BCUT2D eigenvalue weighted by atomic mass is 9.97. The van der Waals surface area contributed by atoms with Gasteiger partial charge in [-0.2, -0.15) is 0 Å². The predicted octanol–water partition coefficient (Wildman–Crippen LogP) is 2.19. The van der Waals surface area contributed by atoms with Crippen molar-refractivity contribution in [2.24, 2.45) is 16.5 Å². The smallest absolute Gasteiger partial charge is 0.263 e. The lowest BCUT2D eigenvalue weighted by molar-refractivity contribution is 0.0936. The van der Waals surface area contributed by atoms with Crippen LogP contribution in [0.4, 0.5) is 0 Å². The molecule has 1 atom stereocenters. The van der Waals surface area contributed by atoms with Crippen molar-refractivity contribution in [2.45, 2.75) is 52.1 Å². The predicted molar refractivity (Wildman–Crippen MR) is 117 cm³/mol. The van der Waals surface area contributed by atoms with Crippen LogP contribution in [-0.4, -0.2) is 29.0 Å². The summed E-state index contributed by atoms with van der Waals surface area (Å²) in [6, 6.07) is 11.3. The molecule has 0 aliphatic rings. The molecule has 2 aromatic rings. The maximum atomic E-state index is 12.9. The molecule has 1 aromatic heterocycles. The third-order valence-electron chi connectivity index (χ3n) is 4.75. The summed E-state index contributed by atoms with van der Waals surface area (Å²) >= 11 is 0. The van der Waals surface area contributed by atoms with Crippen molar-refractivity contribution < 1.29 is 4.79 Å². The Labute approximate surface area is 171 Å². The van der Waals surface area contributed by atoms with E-state index in [-0.39, 0.29) is 29.0 Å². The number of pyridine rings is 1. The Morgan fingerprint density at radius 1 is 1.14 bits per heavy atom. The van der Waals surface area contributed by atoms with Gasteiger partial charge in [0.1, 0.15) is 5.56 Å². The fourth-order valence-electron chi connectivity index (χ4n) is 3.24. The first-order valence-electron chi connectivity index (χ1n) is 9.93. The Bertz CT molecular complexity index is 913. The number of nitrogens with zero attached hydrogens (tertiary/aromatic N) is 2. The SMILES string of the molecule is CC(CCCN=C(N)N)NC(=O)c1cccn(Cc2ccccc2C(C)C)c1=O. The molecular weight excluding hydrogens is 366 g/mol. The second kappa shape index (κ2) is 10.5. The highest BCUT2D eigenvalue weighted by Crippen LogP contribution is 2.19. The minimum atomic E-state index is -0.365. The summed E-state index contributed by atoms with van der Waals surface area (Å²) in [5.41, 5.74) is 12.7. The molecule has 0 fully saturated rings. The third-order valence-corrected chi connectivity index (χ3v) is 4.75. The third kappa shape index (κ3) is 6.48. The van der Waals surface area contributed by atoms with E-state index < -0.39 is 0 Å². The summed E-state index contributed by atoms with van der Waals surface area (Å²) in [5, 5.41) is 2.88. The fraction of sp³-hybridized carbons (Fsp3) is 0.409. The Kier molecular flexibility index (Phi) is 8.00. The van der Waals surface area contributed by atoms with E-state index in [1.807, 2.05) is 25.1 Å². The number of aliphatic imine (C=N–C) groups is 1. The van der Waals surface area contributed by atoms with Crippen LogP contribution >= 0.6 is 0 Å². The number of hydrogen-bond acceptors (Lipinski definition) is 3. The molecule has 1 aromatic carbocycles. The number of carbonyl (C=O) groups excluding carboxylic acids is 1. The van der Waals surface area contributed by atoms with Gasteiger partial charge < -0.3 is 21.4 Å². The van der Waals surface area contributed by atoms with Gasteiger partial charge in [-0.25, -0.2) is 0 Å². The molecule has 29 heavy (non-hydrogen) atoms. The molecule has 0 aliphatic carbocycles. The molecule has 7 heteroatoms. The van der Waals surface area contributed by atoms with Crippen LogP contribution in [-0.2, 0) is 6.54 Å². The molecule has 5 N–H and O–H groups in total. The van der Waals surface area contributed by atoms with Crippen molar-refractivity contribution in [2.75, 3.05) is 6.54 Å². The van der Waals surface area contributed by atoms with Crippen LogP contribution in [0.2, 0.25) is 0 Å². The van der Waals surface area contributed by atoms with Crippen LogP contribution in [0.3, 0.4) is 0 Å². The lowest BCUT2D eigenvalue weighted by Crippen LogP contribution is -2.37. The second-order valence-corrected chi connectivity index (χ2v) is 7.53. The molecule has 1 amide bonds. The van der Waals surface area contributed by atoms with Crippen molar-refractivity contribution in [1.29, 1.82) is 0 Å². The number of guanidine groups is 1. The van der Waals surface area contributed by atoms with Gasteiger partial charge in [0.25, 0.3) is 11.5 Å². The molecule has 2 rings (SSSR count). The number of nitrogens with one attached hydrogen (secondary N) is 1. The minimum absolute atomic E-state index is 0.0607. The van der Waals surface area contributed by atoms with E-state index >= 15 is 0 Å². The molecule has 1 unspecified atom stereocenters. The lowest BCUT2D eigenvalue weighted by Gasteiger charge is -2.16. The summed E-state index contributed by atoms with van der Waals surface area (Å²) in [6.45, 7) is 7.09. The van der Waals surface area contributed by atoms with E-state index in [0.29, 0.717) is 25.4 Å². The van der Waals surface area contributed by atoms with Crippen LogP contribution in [0.5, 0.6) is 0 Å². The van der Waals surface area contributed by atoms with Crippen molar-refractivity contribution in [3.05, 3.63) is 69.6 Å². The highest BCUT2D eigenvalue weighted by molar-refractivity contribution is 5.93.